The van der Waals surface area contributed by atoms with Gasteiger partial charge in [0.25, 0.3) is 0 Å². The summed E-state index contributed by atoms with van der Waals surface area (Å²) in [6.45, 7) is 6.98. The molecule has 3 heterocycles. The standard InChI is InChI=1S/C37H41N5O4S/c1-25-20-26(2)36(27(3)21-25)47(44,45)41-33(35(43)16-11-28-8-5-4-6-9-28)24-42-34-15-14-32(22-30(34)23-39-42)46-19-17-31-13-12-29-10-7-18-38-37(29)40-31/h4-6,8-9,12-15,20-23,33,41H,7,10-11,16-19,24H2,1-3H3,(H,38,40). The fraction of sp³-hybridized carbons (Fsp3) is 0.324. The van der Waals surface area contributed by atoms with Crippen molar-refractivity contribution in [2.75, 3.05) is 18.5 Å². The molecule has 0 bridgehead atoms. The molecule has 0 fully saturated rings. The Hall–Kier alpha value is -4.54. The largest absolute Gasteiger partial charge is 0.493 e. The number of sulfonamides is 1. The second kappa shape index (κ2) is 14.1. The Morgan fingerprint density at radius 3 is 2.57 bits per heavy atom. The summed E-state index contributed by atoms with van der Waals surface area (Å²) in [5, 5.41) is 8.76. The van der Waals surface area contributed by atoms with E-state index in [0.29, 0.717) is 36.3 Å². The molecule has 0 saturated carbocycles. The molecule has 1 aliphatic heterocycles. The zero-order chi connectivity index (χ0) is 33.0. The van der Waals surface area contributed by atoms with Gasteiger partial charge in [-0.2, -0.15) is 9.82 Å². The molecule has 244 valence electrons. The first-order chi connectivity index (χ1) is 22.7. The van der Waals surface area contributed by atoms with E-state index < -0.39 is 16.1 Å². The van der Waals surface area contributed by atoms with E-state index in [4.69, 9.17) is 9.72 Å². The average Bonchev–Trinajstić information content (AvgIpc) is 3.44. The number of carbonyl (C=O) groups is 1. The molecule has 0 aliphatic carbocycles. The number of ketones is 1. The zero-order valence-corrected chi connectivity index (χ0v) is 27.9. The summed E-state index contributed by atoms with van der Waals surface area (Å²) in [5.74, 6) is 1.48. The number of carbonyl (C=O) groups excluding carboxylic acids is 1. The van der Waals surface area contributed by atoms with Crippen molar-refractivity contribution in [2.24, 2.45) is 0 Å². The second-order valence-corrected chi connectivity index (χ2v) is 14.0. The van der Waals surface area contributed by atoms with Crippen molar-refractivity contribution in [3.63, 3.8) is 0 Å². The normalized spacial score (nSPS) is 13.6. The van der Waals surface area contributed by atoms with Crippen LogP contribution >= 0.6 is 0 Å². The predicted octanol–water partition coefficient (Wildman–Crippen LogP) is 5.89. The number of aryl methyl sites for hydroxylation is 5. The molecule has 2 aromatic heterocycles. The Balaban J connectivity index is 1.18. The van der Waals surface area contributed by atoms with Gasteiger partial charge in [0.05, 0.1) is 29.8 Å². The Labute approximate surface area is 276 Å². The Morgan fingerprint density at radius 1 is 1.00 bits per heavy atom. The highest BCUT2D eigenvalue weighted by Crippen LogP contribution is 2.25. The van der Waals surface area contributed by atoms with Gasteiger partial charge in [0.1, 0.15) is 17.6 Å². The summed E-state index contributed by atoms with van der Waals surface area (Å²) in [6, 6.07) is 22.3. The van der Waals surface area contributed by atoms with Crippen LogP contribution in [0.15, 0.2) is 83.9 Å². The van der Waals surface area contributed by atoms with Gasteiger partial charge in [0.2, 0.25) is 10.0 Å². The van der Waals surface area contributed by atoms with Crippen LogP contribution in [0.3, 0.4) is 0 Å². The molecule has 6 rings (SSSR count). The SMILES string of the molecule is Cc1cc(C)c(S(=O)(=O)NC(Cn2ncc3cc(OCCc4ccc5c(n4)NCCC5)ccc32)C(=O)CCc2ccccc2)c(C)c1. The molecule has 5 aromatic rings. The number of fused-ring (bicyclic) bond motifs is 2. The molecule has 0 saturated heterocycles. The highest BCUT2D eigenvalue weighted by molar-refractivity contribution is 7.89. The van der Waals surface area contributed by atoms with Gasteiger partial charge in [-0.1, -0.05) is 54.1 Å². The van der Waals surface area contributed by atoms with Crippen molar-refractivity contribution in [1.29, 1.82) is 0 Å². The molecule has 1 atom stereocenters. The molecule has 0 spiro atoms. The molecular weight excluding hydrogens is 611 g/mol. The first kappa shape index (κ1) is 32.4. The monoisotopic (exact) mass is 651 g/mol. The fourth-order valence-corrected chi connectivity index (χ4v) is 8.05. The van der Waals surface area contributed by atoms with Gasteiger partial charge in [-0.15, -0.1) is 0 Å². The maximum absolute atomic E-state index is 13.8. The fourth-order valence-electron chi connectivity index (χ4n) is 6.38. The Bertz CT molecular complexity index is 1980. The molecule has 9 nitrogen and oxygen atoms in total. The third-order valence-electron chi connectivity index (χ3n) is 8.61. The summed E-state index contributed by atoms with van der Waals surface area (Å²) in [7, 11) is -4.01. The molecule has 1 unspecified atom stereocenters. The van der Waals surface area contributed by atoms with Gasteiger partial charge >= 0.3 is 0 Å². The van der Waals surface area contributed by atoms with E-state index in [1.807, 2.05) is 67.6 Å². The lowest BCUT2D eigenvalue weighted by molar-refractivity contribution is -0.121. The van der Waals surface area contributed by atoms with Crippen LogP contribution in [0.2, 0.25) is 0 Å². The van der Waals surface area contributed by atoms with E-state index in [0.717, 1.165) is 52.9 Å². The van der Waals surface area contributed by atoms with Crippen LogP contribution in [0.25, 0.3) is 10.9 Å². The van der Waals surface area contributed by atoms with Gasteiger partial charge < -0.3 is 10.1 Å². The van der Waals surface area contributed by atoms with Crippen molar-refractivity contribution >= 4 is 32.5 Å². The number of hydrogen-bond acceptors (Lipinski definition) is 7. The first-order valence-electron chi connectivity index (χ1n) is 16.1. The molecular formula is C37H41N5O4S. The van der Waals surface area contributed by atoms with Gasteiger partial charge in [-0.3, -0.25) is 9.48 Å². The predicted molar refractivity (Wildman–Crippen MR) is 185 cm³/mol. The number of Topliss-reactive ketones (excluding diaryl/α,β-unsaturated/α-hetero) is 1. The number of hydrogen-bond donors (Lipinski definition) is 2. The van der Waals surface area contributed by atoms with Crippen molar-refractivity contribution in [2.45, 2.75) is 70.4 Å². The number of ether oxygens (including phenoxy) is 1. The van der Waals surface area contributed by atoms with Gasteiger partial charge in [-0.25, -0.2) is 13.4 Å². The summed E-state index contributed by atoms with van der Waals surface area (Å²) in [5.41, 5.74) is 6.30. The quantitative estimate of drug-likeness (QED) is 0.163. The minimum atomic E-state index is -4.01. The topological polar surface area (TPSA) is 115 Å². The van der Waals surface area contributed by atoms with Crippen LogP contribution in [0.5, 0.6) is 5.75 Å². The van der Waals surface area contributed by atoms with Crippen LogP contribution in [0, 0.1) is 20.8 Å². The maximum Gasteiger partial charge on any atom is 0.241 e. The second-order valence-electron chi connectivity index (χ2n) is 12.3. The Morgan fingerprint density at radius 2 is 1.79 bits per heavy atom. The van der Waals surface area contributed by atoms with Crippen molar-refractivity contribution in [3.05, 3.63) is 113 Å². The van der Waals surface area contributed by atoms with Crippen LogP contribution < -0.4 is 14.8 Å². The summed E-state index contributed by atoms with van der Waals surface area (Å²) in [4.78, 5) is 18.6. The number of nitrogens with zero attached hydrogens (tertiary/aromatic N) is 3. The van der Waals surface area contributed by atoms with Gasteiger partial charge in [0, 0.05) is 30.5 Å². The van der Waals surface area contributed by atoms with Crippen LogP contribution in [-0.4, -0.2) is 48.2 Å². The van der Waals surface area contributed by atoms with Crippen molar-refractivity contribution in [1.82, 2.24) is 19.5 Å². The maximum atomic E-state index is 13.8. The lowest BCUT2D eigenvalue weighted by Gasteiger charge is -2.20. The number of nitrogens with one attached hydrogen (secondary N) is 2. The van der Waals surface area contributed by atoms with Gasteiger partial charge in [0.15, 0.2) is 5.78 Å². The van der Waals surface area contributed by atoms with E-state index in [-0.39, 0.29) is 23.6 Å². The number of aromatic nitrogens is 3. The van der Waals surface area contributed by atoms with Crippen molar-refractivity contribution < 1.29 is 17.9 Å². The minimum Gasteiger partial charge on any atom is -0.493 e. The van der Waals surface area contributed by atoms with Crippen LogP contribution in [0.1, 0.15) is 46.4 Å². The van der Waals surface area contributed by atoms with E-state index in [9.17, 15) is 13.2 Å². The summed E-state index contributed by atoms with van der Waals surface area (Å²) in [6.07, 6.45) is 5.28. The van der Waals surface area contributed by atoms with E-state index in [1.165, 1.54) is 5.56 Å². The van der Waals surface area contributed by atoms with E-state index >= 15 is 0 Å². The number of benzene rings is 3. The highest BCUT2D eigenvalue weighted by atomic mass is 32.2. The van der Waals surface area contributed by atoms with E-state index in [2.05, 4.69) is 27.3 Å². The van der Waals surface area contributed by atoms with Gasteiger partial charge in [-0.05, 0) is 86.6 Å². The molecule has 1 aliphatic rings. The molecule has 47 heavy (non-hydrogen) atoms. The molecule has 0 radical (unpaired) electrons. The van der Waals surface area contributed by atoms with Crippen LogP contribution in [-0.2, 0) is 40.6 Å². The number of anilines is 1. The molecule has 0 amide bonds. The lowest BCUT2D eigenvalue weighted by Crippen LogP contribution is -2.44. The number of rotatable bonds is 13. The summed E-state index contributed by atoms with van der Waals surface area (Å²) < 4.78 is 38.0. The summed E-state index contributed by atoms with van der Waals surface area (Å²) >= 11 is 0. The Kier molecular flexibility index (Phi) is 9.70. The zero-order valence-electron chi connectivity index (χ0n) is 27.1. The minimum absolute atomic E-state index is 0.0541. The first-order valence-corrected chi connectivity index (χ1v) is 17.6. The third-order valence-corrected chi connectivity index (χ3v) is 10.4. The number of pyridine rings is 1. The van der Waals surface area contributed by atoms with Crippen LogP contribution in [0.4, 0.5) is 5.82 Å². The lowest BCUT2D eigenvalue weighted by atomic mass is 10.0. The smallest absolute Gasteiger partial charge is 0.241 e. The average molecular weight is 652 g/mol. The molecule has 3 aromatic carbocycles. The molecule has 2 N–H and O–H groups in total. The van der Waals surface area contributed by atoms with Crippen molar-refractivity contribution in [3.8, 4) is 5.75 Å². The molecule has 10 heteroatoms. The highest BCUT2D eigenvalue weighted by Gasteiger charge is 2.29. The van der Waals surface area contributed by atoms with E-state index in [1.54, 1.807) is 24.7 Å². The third kappa shape index (κ3) is 7.72.